The fraction of sp³-hybridized carbons (Fsp3) is 0.250. The van der Waals surface area contributed by atoms with Crippen molar-refractivity contribution in [1.82, 2.24) is 0 Å². The second kappa shape index (κ2) is 6.54. The number of benzene rings is 1. The quantitative estimate of drug-likeness (QED) is 0.850. The van der Waals surface area contributed by atoms with E-state index >= 15 is 0 Å². The van der Waals surface area contributed by atoms with Crippen LogP contribution in [0.2, 0.25) is 0 Å². The van der Waals surface area contributed by atoms with E-state index in [1.54, 1.807) is 24.3 Å². The van der Waals surface area contributed by atoms with Gasteiger partial charge in [-0.25, -0.2) is 0 Å². The lowest BCUT2D eigenvalue weighted by Gasteiger charge is -2.15. The smallest absolute Gasteiger partial charge is 0.265 e. The summed E-state index contributed by atoms with van der Waals surface area (Å²) in [6, 6.07) is 8.61. The van der Waals surface area contributed by atoms with E-state index in [4.69, 9.17) is 4.74 Å². The number of ether oxygens (including phenoxy) is 1. The fourth-order valence-corrected chi connectivity index (χ4v) is 2.41. The molecule has 0 spiro atoms. The lowest BCUT2D eigenvalue weighted by molar-refractivity contribution is 0.101. The van der Waals surface area contributed by atoms with Gasteiger partial charge in [0.15, 0.2) is 5.78 Å². The van der Waals surface area contributed by atoms with Crippen LogP contribution in [0.4, 0.5) is 5.69 Å². The van der Waals surface area contributed by atoms with Crippen LogP contribution in [0.1, 0.15) is 40.8 Å². The molecule has 1 aromatic heterocycles. The van der Waals surface area contributed by atoms with E-state index in [1.807, 2.05) is 25.3 Å². The van der Waals surface area contributed by atoms with Crippen molar-refractivity contribution in [3.8, 4) is 5.75 Å². The van der Waals surface area contributed by atoms with Gasteiger partial charge in [-0.2, -0.15) is 0 Å². The summed E-state index contributed by atoms with van der Waals surface area (Å²) in [7, 11) is 0. The molecule has 2 aromatic rings. The van der Waals surface area contributed by atoms with E-state index in [2.05, 4.69) is 5.32 Å². The first kappa shape index (κ1) is 15.3. The van der Waals surface area contributed by atoms with Crippen molar-refractivity contribution in [2.24, 2.45) is 0 Å². The van der Waals surface area contributed by atoms with Crippen LogP contribution in [0.25, 0.3) is 0 Å². The van der Waals surface area contributed by atoms with Crippen LogP contribution in [-0.4, -0.2) is 17.8 Å². The summed E-state index contributed by atoms with van der Waals surface area (Å²) < 4.78 is 5.68. The molecule has 0 atom stereocenters. The maximum Gasteiger partial charge on any atom is 0.265 e. The predicted octanol–water partition coefficient (Wildman–Crippen LogP) is 3.99. The average Bonchev–Trinajstić information content (AvgIpc) is 2.93. The van der Waals surface area contributed by atoms with Crippen molar-refractivity contribution in [2.75, 3.05) is 5.32 Å². The van der Waals surface area contributed by atoms with Crippen LogP contribution in [0.5, 0.6) is 5.75 Å². The lowest BCUT2D eigenvalue weighted by Crippen LogP contribution is -2.14. The molecule has 0 aliphatic carbocycles. The van der Waals surface area contributed by atoms with Crippen molar-refractivity contribution in [3.05, 3.63) is 46.2 Å². The van der Waals surface area contributed by atoms with Gasteiger partial charge in [0.05, 0.1) is 16.7 Å². The van der Waals surface area contributed by atoms with Crippen molar-refractivity contribution < 1.29 is 14.3 Å². The van der Waals surface area contributed by atoms with Gasteiger partial charge < -0.3 is 10.1 Å². The fourth-order valence-electron chi connectivity index (χ4n) is 1.80. The Balaban J connectivity index is 2.31. The van der Waals surface area contributed by atoms with Gasteiger partial charge >= 0.3 is 0 Å². The van der Waals surface area contributed by atoms with E-state index in [0.717, 1.165) is 0 Å². The highest BCUT2D eigenvalue weighted by Gasteiger charge is 2.13. The number of carbonyl (C=O) groups is 2. The van der Waals surface area contributed by atoms with Gasteiger partial charge in [0, 0.05) is 5.56 Å². The number of carbonyl (C=O) groups excluding carboxylic acids is 2. The van der Waals surface area contributed by atoms with Crippen molar-refractivity contribution in [3.63, 3.8) is 0 Å². The highest BCUT2D eigenvalue weighted by molar-refractivity contribution is 7.12. The Morgan fingerprint density at radius 2 is 2.00 bits per heavy atom. The lowest BCUT2D eigenvalue weighted by atomic mass is 10.1. The van der Waals surface area contributed by atoms with Crippen molar-refractivity contribution in [1.29, 1.82) is 0 Å². The van der Waals surface area contributed by atoms with Gasteiger partial charge in [-0.05, 0) is 50.4 Å². The zero-order chi connectivity index (χ0) is 15.4. The Hall–Kier alpha value is -2.14. The summed E-state index contributed by atoms with van der Waals surface area (Å²) in [5.41, 5.74) is 1.04. The molecule has 0 saturated heterocycles. The SMILES string of the molecule is CC(=O)c1ccc(OC(C)C)c(NC(=O)c2cccs2)c1. The van der Waals surface area contributed by atoms with Gasteiger partial charge in [-0.3, -0.25) is 9.59 Å². The Kier molecular flexibility index (Phi) is 4.75. The summed E-state index contributed by atoms with van der Waals surface area (Å²) in [6.45, 7) is 5.30. The molecule has 1 N–H and O–H groups in total. The number of nitrogens with one attached hydrogen (secondary N) is 1. The van der Waals surface area contributed by atoms with Gasteiger partial charge in [-0.15, -0.1) is 11.3 Å². The Morgan fingerprint density at radius 1 is 1.24 bits per heavy atom. The maximum atomic E-state index is 12.2. The summed E-state index contributed by atoms with van der Waals surface area (Å²) in [5, 5.41) is 4.65. The molecule has 1 heterocycles. The summed E-state index contributed by atoms with van der Waals surface area (Å²) >= 11 is 1.36. The molecule has 5 heteroatoms. The second-order valence-corrected chi connectivity index (χ2v) is 5.81. The molecule has 0 saturated carbocycles. The molecule has 110 valence electrons. The van der Waals surface area contributed by atoms with Crippen LogP contribution in [0, 0.1) is 0 Å². The standard InChI is InChI=1S/C16H17NO3S/c1-10(2)20-14-7-6-12(11(3)18)9-13(14)17-16(19)15-5-4-8-21-15/h4-10H,1-3H3,(H,17,19). The summed E-state index contributed by atoms with van der Waals surface area (Å²) in [4.78, 5) is 24.3. The molecule has 1 amide bonds. The average molecular weight is 303 g/mol. The molecular weight excluding hydrogens is 286 g/mol. The minimum Gasteiger partial charge on any atom is -0.489 e. The van der Waals surface area contributed by atoms with Crippen LogP contribution >= 0.6 is 11.3 Å². The van der Waals surface area contributed by atoms with Gasteiger partial charge in [0.1, 0.15) is 5.75 Å². The number of rotatable bonds is 5. The van der Waals surface area contributed by atoms with Crippen molar-refractivity contribution in [2.45, 2.75) is 26.9 Å². The highest BCUT2D eigenvalue weighted by atomic mass is 32.1. The Morgan fingerprint density at radius 3 is 2.57 bits per heavy atom. The van der Waals surface area contributed by atoms with Crippen LogP contribution in [0.15, 0.2) is 35.7 Å². The third-order valence-electron chi connectivity index (χ3n) is 2.74. The zero-order valence-corrected chi connectivity index (χ0v) is 13.0. The van der Waals surface area contributed by atoms with Crippen LogP contribution < -0.4 is 10.1 Å². The van der Waals surface area contributed by atoms with E-state index in [1.165, 1.54) is 18.3 Å². The molecule has 0 bridgehead atoms. The maximum absolute atomic E-state index is 12.2. The molecule has 21 heavy (non-hydrogen) atoms. The first-order chi connectivity index (χ1) is 9.97. The Labute approximate surface area is 127 Å². The van der Waals surface area contributed by atoms with Crippen LogP contribution in [-0.2, 0) is 0 Å². The third-order valence-corrected chi connectivity index (χ3v) is 3.61. The minimum absolute atomic E-state index is 0.0226. The molecule has 1 aromatic carbocycles. The van der Waals surface area contributed by atoms with E-state index in [9.17, 15) is 9.59 Å². The third kappa shape index (κ3) is 3.92. The second-order valence-electron chi connectivity index (χ2n) is 4.87. The Bertz CT molecular complexity index is 648. The predicted molar refractivity (Wildman–Crippen MR) is 84.5 cm³/mol. The number of hydrogen-bond donors (Lipinski definition) is 1. The number of ketones is 1. The molecule has 0 radical (unpaired) electrons. The van der Waals surface area contributed by atoms with Gasteiger partial charge in [0.25, 0.3) is 5.91 Å². The van der Waals surface area contributed by atoms with Gasteiger partial charge in [-0.1, -0.05) is 6.07 Å². The van der Waals surface area contributed by atoms with Crippen LogP contribution in [0.3, 0.4) is 0 Å². The highest BCUT2D eigenvalue weighted by Crippen LogP contribution is 2.28. The first-order valence-corrected chi connectivity index (χ1v) is 7.52. The van der Waals surface area contributed by atoms with Crippen molar-refractivity contribution >= 4 is 28.7 Å². The minimum atomic E-state index is -0.209. The molecular formula is C16H17NO3S. The number of hydrogen-bond acceptors (Lipinski definition) is 4. The first-order valence-electron chi connectivity index (χ1n) is 6.64. The molecule has 0 unspecified atom stereocenters. The van der Waals surface area contributed by atoms with E-state index < -0.39 is 0 Å². The molecule has 0 aliphatic heterocycles. The zero-order valence-electron chi connectivity index (χ0n) is 12.2. The monoisotopic (exact) mass is 303 g/mol. The number of Topliss-reactive ketones (excluding diaryl/α,β-unsaturated/α-hetero) is 1. The normalized spacial score (nSPS) is 10.5. The van der Waals surface area contributed by atoms with Gasteiger partial charge in [0.2, 0.25) is 0 Å². The largest absolute Gasteiger partial charge is 0.489 e. The molecule has 0 aliphatic rings. The summed E-state index contributed by atoms with van der Waals surface area (Å²) in [6.07, 6.45) is -0.0226. The molecule has 2 rings (SSSR count). The number of anilines is 1. The van der Waals surface area contributed by atoms with E-state index in [-0.39, 0.29) is 17.8 Å². The summed E-state index contributed by atoms with van der Waals surface area (Å²) in [5.74, 6) is 0.289. The van der Waals surface area contributed by atoms with E-state index in [0.29, 0.717) is 21.9 Å². The molecule has 4 nitrogen and oxygen atoms in total. The molecule has 0 fully saturated rings. The number of thiophene rings is 1. The topological polar surface area (TPSA) is 55.4 Å². The number of amides is 1.